The van der Waals surface area contributed by atoms with Gasteiger partial charge in [-0.15, -0.1) is 0 Å². The van der Waals surface area contributed by atoms with E-state index in [4.69, 9.17) is 4.52 Å². The van der Waals surface area contributed by atoms with Crippen molar-refractivity contribution in [2.75, 3.05) is 11.4 Å². The highest BCUT2D eigenvalue weighted by molar-refractivity contribution is 6.26. The van der Waals surface area contributed by atoms with Crippen molar-refractivity contribution in [1.29, 1.82) is 0 Å². The van der Waals surface area contributed by atoms with Crippen LogP contribution in [0.2, 0.25) is 0 Å². The molecule has 1 saturated carbocycles. The minimum absolute atomic E-state index is 0.304. The molecule has 1 aliphatic heterocycles. The molecule has 0 atom stereocenters. The van der Waals surface area contributed by atoms with Crippen LogP contribution in [0, 0.1) is 12.8 Å². The van der Waals surface area contributed by atoms with Gasteiger partial charge in [0.2, 0.25) is 23.5 Å². The SMILES string of the molecule is Cc1nc(-c2cccc(N3C(=O)CC(=O)N(CCC4CC4)C3=O)c2)no1. The number of rotatable bonds is 5. The smallest absolute Gasteiger partial charge is 0.338 e. The number of amides is 4. The summed E-state index contributed by atoms with van der Waals surface area (Å²) in [6, 6.07) is 6.19. The van der Waals surface area contributed by atoms with Crippen LogP contribution < -0.4 is 4.90 Å². The van der Waals surface area contributed by atoms with Gasteiger partial charge in [-0.25, -0.2) is 9.69 Å². The molecule has 4 rings (SSSR count). The molecular weight excluding hydrogens is 336 g/mol. The Balaban J connectivity index is 1.61. The fourth-order valence-corrected chi connectivity index (χ4v) is 3.03. The summed E-state index contributed by atoms with van der Waals surface area (Å²) < 4.78 is 4.98. The lowest BCUT2D eigenvalue weighted by molar-refractivity contribution is -0.134. The molecule has 2 fully saturated rings. The normalized spacial score (nSPS) is 18.0. The zero-order valence-corrected chi connectivity index (χ0v) is 14.3. The number of anilines is 1. The predicted molar refractivity (Wildman–Crippen MR) is 91.0 cm³/mol. The number of benzene rings is 1. The number of barbiturate groups is 1. The first-order valence-electron chi connectivity index (χ1n) is 8.61. The highest BCUT2D eigenvalue weighted by Gasteiger charge is 2.39. The lowest BCUT2D eigenvalue weighted by Crippen LogP contribution is -2.55. The van der Waals surface area contributed by atoms with Gasteiger partial charge >= 0.3 is 6.03 Å². The van der Waals surface area contributed by atoms with Gasteiger partial charge in [0.25, 0.3) is 0 Å². The van der Waals surface area contributed by atoms with E-state index in [0.717, 1.165) is 24.2 Å². The van der Waals surface area contributed by atoms with E-state index in [2.05, 4.69) is 10.1 Å². The zero-order valence-electron chi connectivity index (χ0n) is 14.3. The third-order valence-corrected chi connectivity index (χ3v) is 4.62. The van der Waals surface area contributed by atoms with Crippen LogP contribution in [-0.2, 0) is 9.59 Å². The molecule has 26 heavy (non-hydrogen) atoms. The van der Waals surface area contributed by atoms with Gasteiger partial charge in [0.15, 0.2) is 0 Å². The third-order valence-electron chi connectivity index (χ3n) is 4.62. The quantitative estimate of drug-likeness (QED) is 0.766. The summed E-state index contributed by atoms with van der Waals surface area (Å²) in [5.41, 5.74) is 1.02. The van der Waals surface area contributed by atoms with E-state index in [0.29, 0.717) is 35.4 Å². The van der Waals surface area contributed by atoms with Crippen molar-refractivity contribution in [3.05, 3.63) is 30.2 Å². The minimum atomic E-state index is -0.589. The maximum Gasteiger partial charge on any atom is 0.338 e. The van der Waals surface area contributed by atoms with Crippen molar-refractivity contribution in [2.24, 2.45) is 5.92 Å². The Hall–Kier alpha value is -3.03. The van der Waals surface area contributed by atoms with Gasteiger partial charge in [0.05, 0.1) is 5.69 Å². The average Bonchev–Trinajstić information content (AvgIpc) is 3.33. The number of hydrogen-bond donors (Lipinski definition) is 0. The minimum Gasteiger partial charge on any atom is -0.339 e. The Labute approximate surface area is 149 Å². The Morgan fingerprint density at radius 3 is 2.69 bits per heavy atom. The Kier molecular flexibility index (Phi) is 4.02. The maximum atomic E-state index is 12.8. The van der Waals surface area contributed by atoms with Gasteiger partial charge in [-0.1, -0.05) is 30.1 Å². The van der Waals surface area contributed by atoms with Crippen molar-refractivity contribution in [1.82, 2.24) is 15.0 Å². The maximum absolute atomic E-state index is 12.8. The van der Waals surface area contributed by atoms with Crippen LogP contribution in [-0.4, -0.2) is 39.4 Å². The zero-order chi connectivity index (χ0) is 18.3. The molecule has 1 aromatic carbocycles. The van der Waals surface area contributed by atoms with E-state index >= 15 is 0 Å². The lowest BCUT2D eigenvalue weighted by atomic mass is 10.1. The number of nitrogens with zero attached hydrogens (tertiary/aromatic N) is 4. The summed E-state index contributed by atoms with van der Waals surface area (Å²) in [5.74, 6) is 0.438. The standard InChI is InChI=1S/C18H18N4O4/c1-11-19-17(20-26-11)13-3-2-4-14(9-13)22-16(24)10-15(23)21(18(22)25)8-7-12-5-6-12/h2-4,9,12H,5-8,10H2,1H3. The van der Waals surface area contributed by atoms with Gasteiger partial charge in [0.1, 0.15) is 6.42 Å². The second-order valence-corrected chi connectivity index (χ2v) is 6.65. The van der Waals surface area contributed by atoms with Gasteiger partial charge in [-0.05, 0) is 24.5 Å². The van der Waals surface area contributed by atoms with E-state index < -0.39 is 17.8 Å². The number of hydrogen-bond acceptors (Lipinski definition) is 6. The van der Waals surface area contributed by atoms with Gasteiger partial charge in [-0.2, -0.15) is 4.98 Å². The summed E-state index contributed by atoms with van der Waals surface area (Å²) in [7, 11) is 0. The van der Waals surface area contributed by atoms with E-state index in [9.17, 15) is 14.4 Å². The number of carbonyl (C=O) groups is 3. The summed E-state index contributed by atoms with van der Waals surface area (Å²) in [5, 5.41) is 3.85. The molecule has 2 aromatic rings. The van der Waals surface area contributed by atoms with Gasteiger partial charge in [-0.3, -0.25) is 14.5 Å². The molecule has 0 spiro atoms. The van der Waals surface area contributed by atoms with Crippen molar-refractivity contribution in [3.8, 4) is 11.4 Å². The molecule has 0 unspecified atom stereocenters. The molecule has 1 aliphatic carbocycles. The van der Waals surface area contributed by atoms with Crippen molar-refractivity contribution < 1.29 is 18.9 Å². The molecule has 134 valence electrons. The number of aromatic nitrogens is 2. The van der Waals surface area contributed by atoms with E-state index in [1.54, 1.807) is 31.2 Å². The summed E-state index contributed by atoms with van der Waals surface area (Å²) >= 11 is 0. The molecule has 1 saturated heterocycles. The number of imide groups is 2. The third kappa shape index (κ3) is 3.10. The second-order valence-electron chi connectivity index (χ2n) is 6.65. The topological polar surface area (TPSA) is 96.6 Å². The first-order valence-corrected chi connectivity index (χ1v) is 8.61. The summed E-state index contributed by atoms with van der Waals surface area (Å²) in [4.78, 5) is 43.7. The first-order chi connectivity index (χ1) is 12.5. The summed E-state index contributed by atoms with van der Waals surface area (Å²) in [6.45, 7) is 2.04. The van der Waals surface area contributed by atoms with E-state index in [1.807, 2.05) is 0 Å². The first kappa shape index (κ1) is 16.4. The molecular formula is C18H18N4O4. The van der Waals surface area contributed by atoms with Crippen LogP contribution in [0.4, 0.5) is 10.5 Å². The Bertz CT molecular complexity index is 887. The highest BCUT2D eigenvalue weighted by atomic mass is 16.5. The van der Waals surface area contributed by atoms with Crippen LogP contribution in [0.5, 0.6) is 0 Å². The Morgan fingerprint density at radius 2 is 2.00 bits per heavy atom. The van der Waals surface area contributed by atoms with Crippen LogP contribution in [0.3, 0.4) is 0 Å². The number of carbonyl (C=O) groups excluding carboxylic acids is 3. The highest BCUT2D eigenvalue weighted by Crippen LogP contribution is 2.33. The molecule has 0 bridgehead atoms. The van der Waals surface area contributed by atoms with Crippen LogP contribution in [0.1, 0.15) is 31.6 Å². The van der Waals surface area contributed by atoms with Crippen molar-refractivity contribution in [2.45, 2.75) is 32.6 Å². The molecule has 1 aromatic heterocycles. The molecule has 8 nitrogen and oxygen atoms in total. The fourth-order valence-electron chi connectivity index (χ4n) is 3.03. The van der Waals surface area contributed by atoms with Crippen LogP contribution in [0.15, 0.2) is 28.8 Å². The lowest BCUT2D eigenvalue weighted by Gasteiger charge is -2.32. The molecule has 8 heteroatoms. The van der Waals surface area contributed by atoms with Crippen molar-refractivity contribution >= 4 is 23.5 Å². The summed E-state index contributed by atoms with van der Waals surface area (Å²) in [6.07, 6.45) is 2.78. The molecule has 4 amide bonds. The molecule has 0 radical (unpaired) electrons. The fraction of sp³-hybridized carbons (Fsp3) is 0.389. The van der Waals surface area contributed by atoms with Gasteiger partial charge < -0.3 is 4.52 Å². The monoisotopic (exact) mass is 354 g/mol. The van der Waals surface area contributed by atoms with E-state index in [-0.39, 0.29) is 6.42 Å². The molecule has 2 aliphatic rings. The van der Waals surface area contributed by atoms with Crippen LogP contribution in [0.25, 0.3) is 11.4 Å². The average molecular weight is 354 g/mol. The predicted octanol–water partition coefficient (Wildman–Crippen LogP) is 2.53. The van der Waals surface area contributed by atoms with Crippen LogP contribution >= 0.6 is 0 Å². The molecule has 0 N–H and O–H groups in total. The van der Waals surface area contributed by atoms with Crippen molar-refractivity contribution in [3.63, 3.8) is 0 Å². The van der Waals surface area contributed by atoms with Gasteiger partial charge in [0, 0.05) is 19.0 Å². The largest absolute Gasteiger partial charge is 0.339 e. The van der Waals surface area contributed by atoms with E-state index in [1.165, 1.54) is 4.90 Å². The Morgan fingerprint density at radius 1 is 1.19 bits per heavy atom. The number of urea groups is 1. The molecule has 2 heterocycles. The number of aryl methyl sites for hydroxylation is 1. The second kappa shape index (κ2) is 6.36.